The second-order valence-electron chi connectivity index (χ2n) is 5.87. The Morgan fingerprint density at radius 3 is 2.85 bits per heavy atom. The van der Waals surface area contributed by atoms with Crippen molar-refractivity contribution in [2.75, 3.05) is 0 Å². The molecular weight excluding hydrogens is 334 g/mol. The zero-order valence-electron chi connectivity index (χ0n) is 14.3. The molecule has 0 saturated heterocycles. The second kappa shape index (κ2) is 8.31. The SMILES string of the molecule is C[C@H](NC(=O)/C=C/c1ccc2c(c1)OOC2)C(=O)OCc1ccccc1. The van der Waals surface area contributed by atoms with Crippen LogP contribution in [-0.4, -0.2) is 17.9 Å². The van der Waals surface area contributed by atoms with Crippen molar-refractivity contribution in [1.29, 1.82) is 0 Å². The van der Waals surface area contributed by atoms with Crippen molar-refractivity contribution >= 4 is 18.0 Å². The van der Waals surface area contributed by atoms with Crippen LogP contribution in [0.1, 0.15) is 23.6 Å². The average Bonchev–Trinajstić information content (AvgIpc) is 3.13. The van der Waals surface area contributed by atoms with Gasteiger partial charge < -0.3 is 14.9 Å². The molecule has 0 aromatic heterocycles. The third-order valence-electron chi connectivity index (χ3n) is 3.82. The number of rotatable bonds is 6. The predicted octanol–water partition coefficient (Wildman–Crippen LogP) is 2.77. The first-order chi connectivity index (χ1) is 12.6. The molecule has 134 valence electrons. The van der Waals surface area contributed by atoms with E-state index >= 15 is 0 Å². The van der Waals surface area contributed by atoms with Gasteiger partial charge in [-0.05, 0) is 30.2 Å². The van der Waals surface area contributed by atoms with Crippen LogP contribution in [0.4, 0.5) is 0 Å². The summed E-state index contributed by atoms with van der Waals surface area (Å²) < 4.78 is 5.20. The van der Waals surface area contributed by atoms with Crippen LogP contribution < -0.4 is 10.2 Å². The van der Waals surface area contributed by atoms with Crippen LogP contribution in [-0.2, 0) is 32.4 Å². The van der Waals surface area contributed by atoms with Gasteiger partial charge in [-0.25, -0.2) is 4.79 Å². The summed E-state index contributed by atoms with van der Waals surface area (Å²) in [4.78, 5) is 33.8. The molecule has 2 aromatic rings. The van der Waals surface area contributed by atoms with E-state index in [9.17, 15) is 9.59 Å². The number of carbonyl (C=O) groups excluding carboxylic acids is 2. The number of amides is 1. The molecule has 6 heteroatoms. The average molecular weight is 353 g/mol. The van der Waals surface area contributed by atoms with Crippen LogP contribution in [0, 0.1) is 0 Å². The highest BCUT2D eigenvalue weighted by Gasteiger charge is 2.16. The fourth-order valence-corrected chi connectivity index (χ4v) is 2.37. The van der Waals surface area contributed by atoms with E-state index in [1.165, 1.54) is 6.08 Å². The number of nitrogens with one attached hydrogen (secondary N) is 1. The van der Waals surface area contributed by atoms with Crippen LogP contribution in [0.25, 0.3) is 6.08 Å². The molecule has 0 radical (unpaired) electrons. The van der Waals surface area contributed by atoms with Gasteiger partial charge in [-0.15, -0.1) is 0 Å². The highest BCUT2D eigenvalue weighted by molar-refractivity contribution is 5.94. The Morgan fingerprint density at radius 1 is 1.23 bits per heavy atom. The first kappa shape index (κ1) is 17.7. The first-order valence-corrected chi connectivity index (χ1v) is 8.23. The molecule has 1 heterocycles. The molecule has 26 heavy (non-hydrogen) atoms. The van der Waals surface area contributed by atoms with Gasteiger partial charge in [-0.3, -0.25) is 4.79 Å². The van der Waals surface area contributed by atoms with Crippen molar-refractivity contribution in [1.82, 2.24) is 5.32 Å². The largest absolute Gasteiger partial charge is 0.459 e. The minimum absolute atomic E-state index is 0.174. The predicted molar refractivity (Wildman–Crippen MR) is 94.7 cm³/mol. The Labute approximate surface area is 151 Å². The van der Waals surface area contributed by atoms with E-state index in [4.69, 9.17) is 14.5 Å². The Bertz CT molecular complexity index is 816. The topological polar surface area (TPSA) is 73.9 Å². The molecule has 6 nitrogen and oxygen atoms in total. The molecule has 0 fully saturated rings. The van der Waals surface area contributed by atoms with E-state index in [1.807, 2.05) is 42.5 Å². The third-order valence-corrected chi connectivity index (χ3v) is 3.82. The lowest BCUT2D eigenvalue weighted by atomic mass is 10.1. The zero-order chi connectivity index (χ0) is 18.4. The van der Waals surface area contributed by atoms with Gasteiger partial charge in [0, 0.05) is 11.6 Å². The van der Waals surface area contributed by atoms with E-state index < -0.39 is 12.0 Å². The van der Waals surface area contributed by atoms with Gasteiger partial charge in [-0.1, -0.05) is 42.5 Å². The first-order valence-electron chi connectivity index (χ1n) is 8.23. The van der Waals surface area contributed by atoms with E-state index in [1.54, 1.807) is 19.1 Å². The summed E-state index contributed by atoms with van der Waals surface area (Å²) in [6.45, 7) is 2.18. The van der Waals surface area contributed by atoms with Gasteiger partial charge in [0.2, 0.25) is 5.91 Å². The molecule has 1 aliphatic rings. The van der Waals surface area contributed by atoms with Crippen molar-refractivity contribution in [2.45, 2.75) is 26.2 Å². The summed E-state index contributed by atoms with van der Waals surface area (Å²) in [5.41, 5.74) is 2.65. The van der Waals surface area contributed by atoms with Gasteiger partial charge in [-0.2, -0.15) is 4.89 Å². The summed E-state index contributed by atoms with van der Waals surface area (Å²) in [7, 11) is 0. The van der Waals surface area contributed by atoms with Gasteiger partial charge in [0.15, 0.2) is 5.75 Å². The van der Waals surface area contributed by atoms with Crippen LogP contribution in [0.15, 0.2) is 54.6 Å². The van der Waals surface area contributed by atoms with Crippen LogP contribution >= 0.6 is 0 Å². The fraction of sp³-hybridized carbons (Fsp3) is 0.200. The Hall–Kier alpha value is -3.12. The maximum atomic E-state index is 12.0. The van der Waals surface area contributed by atoms with Crippen LogP contribution in [0.5, 0.6) is 5.75 Å². The van der Waals surface area contributed by atoms with Gasteiger partial charge in [0.05, 0.1) is 0 Å². The Kier molecular flexibility index (Phi) is 5.66. The summed E-state index contributed by atoms with van der Waals surface area (Å²) in [5.74, 6) is -0.226. The minimum atomic E-state index is -0.743. The normalized spacial score (nSPS) is 13.7. The molecular formula is C20H19NO5. The number of ether oxygens (including phenoxy) is 1. The third kappa shape index (κ3) is 4.70. The number of esters is 1. The molecule has 0 spiro atoms. The number of benzene rings is 2. The van der Waals surface area contributed by atoms with Gasteiger partial charge >= 0.3 is 5.97 Å². The van der Waals surface area contributed by atoms with Gasteiger partial charge in [0.25, 0.3) is 0 Å². The zero-order valence-corrected chi connectivity index (χ0v) is 14.3. The summed E-state index contributed by atoms with van der Waals surface area (Å²) >= 11 is 0. The van der Waals surface area contributed by atoms with Crippen molar-refractivity contribution < 1.29 is 24.1 Å². The molecule has 0 unspecified atom stereocenters. The van der Waals surface area contributed by atoms with Crippen LogP contribution in [0.2, 0.25) is 0 Å². The minimum Gasteiger partial charge on any atom is -0.459 e. The Morgan fingerprint density at radius 2 is 2.04 bits per heavy atom. The standard InChI is InChI=1S/C20H19NO5/c1-14(20(23)24-12-16-5-3-2-4-6-16)21-19(22)10-8-15-7-9-17-13-25-26-18(17)11-15/h2-11,14H,12-13H2,1H3,(H,21,22)/b10-8+/t14-/m0/s1. The highest BCUT2D eigenvalue weighted by atomic mass is 17.2. The lowest BCUT2D eigenvalue weighted by molar-refractivity contribution is -0.194. The number of hydrogen-bond acceptors (Lipinski definition) is 5. The van der Waals surface area contributed by atoms with E-state index in [-0.39, 0.29) is 12.5 Å². The summed E-state index contributed by atoms with van der Waals surface area (Å²) in [5, 5.41) is 2.58. The monoisotopic (exact) mass is 353 g/mol. The molecule has 1 atom stereocenters. The van der Waals surface area contributed by atoms with Crippen molar-refractivity contribution in [3.8, 4) is 5.75 Å². The lowest BCUT2D eigenvalue weighted by Crippen LogP contribution is -2.38. The summed E-state index contributed by atoms with van der Waals surface area (Å²) in [6.07, 6.45) is 3.00. The number of hydrogen-bond donors (Lipinski definition) is 1. The Balaban J connectivity index is 1.48. The maximum absolute atomic E-state index is 12.0. The van der Waals surface area contributed by atoms with E-state index in [0.29, 0.717) is 12.4 Å². The molecule has 0 bridgehead atoms. The fourth-order valence-electron chi connectivity index (χ4n) is 2.37. The van der Waals surface area contributed by atoms with E-state index in [0.717, 1.165) is 16.7 Å². The molecule has 1 aliphatic heterocycles. The molecule has 0 saturated carbocycles. The molecule has 3 rings (SSSR count). The molecule has 1 amide bonds. The van der Waals surface area contributed by atoms with Crippen molar-refractivity contribution in [3.05, 3.63) is 71.3 Å². The highest BCUT2D eigenvalue weighted by Crippen LogP contribution is 2.27. The molecule has 0 aliphatic carbocycles. The van der Waals surface area contributed by atoms with Crippen molar-refractivity contribution in [3.63, 3.8) is 0 Å². The summed E-state index contributed by atoms with van der Waals surface area (Å²) in [6, 6.07) is 14.1. The number of carbonyl (C=O) groups is 2. The maximum Gasteiger partial charge on any atom is 0.328 e. The van der Waals surface area contributed by atoms with Gasteiger partial charge in [0.1, 0.15) is 19.3 Å². The molecule has 1 N–H and O–H groups in total. The lowest BCUT2D eigenvalue weighted by Gasteiger charge is -2.12. The van der Waals surface area contributed by atoms with E-state index in [2.05, 4.69) is 5.32 Å². The van der Waals surface area contributed by atoms with Crippen molar-refractivity contribution in [2.24, 2.45) is 0 Å². The smallest absolute Gasteiger partial charge is 0.328 e. The number of fused-ring (bicyclic) bond motifs is 1. The quantitative estimate of drug-likeness (QED) is 0.491. The molecule has 2 aromatic carbocycles. The second-order valence-corrected chi connectivity index (χ2v) is 5.87. The van der Waals surface area contributed by atoms with Crippen LogP contribution in [0.3, 0.4) is 0 Å².